The first-order valence-electron chi connectivity index (χ1n) is 5.67. The Morgan fingerprint density at radius 2 is 1.87 bits per heavy atom. The number of halogens is 1. The van der Waals surface area contributed by atoms with Crippen molar-refractivity contribution in [1.82, 2.24) is 5.32 Å². The summed E-state index contributed by atoms with van der Waals surface area (Å²) in [6.45, 7) is 6.02. The lowest BCUT2D eigenvalue weighted by Gasteiger charge is -2.19. The summed E-state index contributed by atoms with van der Waals surface area (Å²) in [4.78, 5) is 11.4. The molecule has 1 amide bonds. The Morgan fingerprint density at radius 1 is 1.27 bits per heavy atom. The highest BCUT2D eigenvalue weighted by Gasteiger charge is 2.13. The lowest BCUT2D eigenvalue weighted by molar-refractivity contribution is -0.122. The molecule has 0 spiro atoms. The van der Waals surface area contributed by atoms with E-state index in [1.54, 1.807) is 6.92 Å². The quantitative estimate of drug-likeness (QED) is 0.712. The highest BCUT2D eigenvalue weighted by molar-refractivity contribution is 5.85. The Bertz CT molecular complexity index is 163. The molecule has 0 aromatic carbocycles. The van der Waals surface area contributed by atoms with Crippen molar-refractivity contribution in [2.75, 3.05) is 0 Å². The van der Waals surface area contributed by atoms with Gasteiger partial charge >= 0.3 is 0 Å². The maximum Gasteiger partial charge on any atom is 0.236 e. The van der Waals surface area contributed by atoms with Crippen LogP contribution in [0.5, 0.6) is 0 Å². The van der Waals surface area contributed by atoms with E-state index in [9.17, 15) is 4.79 Å². The SMILES string of the molecule is CCCCC(CCC)NC(=O)[C@H](C)N.Cl. The van der Waals surface area contributed by atoms with Gasteiger partial charge in [-0.1, -0.05) is 33.1 Å². The van der Waals surface area contributed by atoms with Gasteiger partial charge in [-0.15, -0.1) is 12.4 Å². The predicted octanol–water partition coefficient (Wildman–Crippen LogP) is 2.23. The van der Waals surface area contributed by atoms with Gasteiger partial charge in [0.15, 0.2) is 0 Å². The van der Waals surface area contributed by atoms with Crippen molar-refractivity contribution in [2.24, 2.45) is 5.73 Å². The summed E-state index contributed by atoms with van der Waals surface area (Å²) >= 11 is 0. The maximum absolute atomic E-state index is 11.4. The van der Waals surface area contributed by atoms with E-state index in [2.05, 4.69) is 19.2 Å². The summed E-state index contributed by atoms with van der Waals surface area (Å²) in [5.74, 6) is -0.0282. The number of nitrogens with one attached hydrogen (secondary N) is 1. The van der Waals surface area contributed by atoms with Crippen LogP contribution in [0.25, 0.3) is 0 Å². The summed E-state index contributed by atoms with van der Waals surface area (Å²) in [7, 11) is 0. The van der Waals surface area contributed by atoms with Crippen LogP contribution in [-0.4, -0.2) is 18.0 Å². The van der Waals surface area contributed by atoms with Gasteiger partial charge in [-0.05, 0) is 19.8 Å². The molecule has 2 atom stereocenters. The highest BCUT2D eigenvalue weighted by atomic mass is 35.5. The number of rotatable bonds is 7. The zero-order valence-corrected chi connectivity index (χ0v) is 10.9. The van der Waals surface area contributed by atoms with Gasteiger partial charge < -0.3 is 11.1 Å². The molecule has 0 aromatic rings. The topological polar surface area (TPSA) is 55.1 Å². The molecule has 92 valence electrons. The van der Waals surface area contributed by atoms with Crippen molar-refractivity contribution in [3.63, 3.8) is 0 Å². The van der Waals surface area contributed by atoms with Crippen LogP contribution in [0.2, 0.25) is 0 Å². The summed E-state index contributed by atoms with van der Waals surface area (Å²) in [6.07, 6.45) is 5.58. The molecular weight excluding hydrogens is 212 g/mol. The van der Waals surface area contributed by atoms with Crippen LogP contribution in [0.1, 0.15) is 52.9 Å². The second kappa shape index (κ2) is 10.2. The monoisotopic (exact) mass is 236 g/mol. The van der Waals surface area contributed by atoms with Crippen LogP contribution in [0, 0.1) is 0 Å². The molecule has 0 rings (SSSR count). The fourth-order valence-corrected chi connectivity index (χ4v) is 1.42. The van der Waals surface area contributed by atoms with Gasteiger partial charge in [-0.2, -0.15) is 0 Å². The van der Waals surface area contributed by atoms with E-state index in [0.717, 1.165) is 19.3 Å². The van der Waals surface area contributed by atoms with Crippen molar-refractivity contribution in [3.05, 3.63) is 0 Å². The van der Waals surface area contributed by atoms with E-state index in [1.807, 2.05) is 0 Å². The van der Waals surface area contributed by atoms with Crippen LogP contribution in [0.4, 0.5) is 0 Å². The number of hydrogen-bond donors (Lipinski definition) is 2. The second-order valence-corrected chi connectivity index (χ2v) is 3.93. The third-order valence-electron chi connectivity index (χ3n) is 2.30. The number of nitrogens with two attached hydrogens (primary N) is 1. The fourth-order valence-electron chi connectivity index (χ4n) is 1.42. The molecule has 0 fully saturated rings. The largest absolute Gasteiger partial charge is 0.352 e. The van der Waals surface area contributed by atoms with Crippen LogP contribution in [0.3, 0.4) is 0 Å². The Hall–Kier alpha value is -0.280. The number of unbranched alkanes of at least 4 members (excludes halogenated alkanes) is 1. The van der Waals surface area contributed by atoms with Gasteiger partial charge in [0.05, 0.1) is 6.04 Å². The Labute approximate surface area is 99.6 Å². The van der Waals surface area contributed by atoms with Gasteiger partial charge in [0.25, 0.3) is 0 Å². The first kappa shape index (κ1) is 17.1. The second-order valence-electron chi connectivity index (χ2n) is 3.93. The Morgan fingerprint density at radius 3 is 2.27 bits per heavy atom. The summed E-state index contributed by atoms with van der Waals surface area (Å²) in [5.41, 5.74) is 5.50. The van der Waals surface area contributed by atoms with Crippen LogP contribution >= 0.6 is 12.4 Å². The van der Waals surface area contributed by atoms with Crippen molar-refractivity contribution in [3.8, 4) is 0 Å². The molecule has 0 aliphatic rings. The summed E-state index contributed by atoms with van der Waals surface area (Å²) < 4.78 is 0. The lowest BCUT2D eigenvalue weighted by atomic mass is 10.0. The number of carbonyl (C=O) groups excluding carboxylic acids is 1. The predicted molar refractivity (Wildman–Crippen MR) is 67.3 cm³/mol. The molecule has 0 saturated carbocycles. The molecule has 0 aromatic heterocycles. The molecule has 3 nitrogen and oxygen atoms in total. The number of carbonyl (C=O) groups is 1. The lowest BCUT2D eigenvalue weighted by Crippen LogP contribution is -2.43. The van der Waals surface area contributed by atoms with Crippen LogP contribution in [0.15, 0.2) is 0 Å². The molecule has 0 radical (unpaired) electrons. The molecule has 1 unspecified atom stereocenters. The smallest absolute Gasteiger partial charge is 0.236 e. The summed E-state index contributed by atoms with van der Waals surface area (Å²) in [5, 5.41) is 2.99. The third kappa shape index (κ3) is 8.70. The summed E-state index contributed by atoms with van der Waals surface area (Å²) in [6, 6.07) is -0.0746. The van der Waals surface area contributed by atoms with Gasteiger partial charge in [-0.25, -0.2) is 0 Å². The normalized spacial score (nSPS) is 13.9. The van der Waals surface area contributed by atoms with Crippen molar-refractivity contribution in [2.45, 2.75) is 65.0 Å². The first-order chi connectivity index (χ1) is 6.61. The third-order valence-corrected chi connectivity index (χ3v) is 2.30. The molecular formula is C11H25ClN2O. The number of amides is 1. The maximum atomic E-state index is 11.4. The fraction of sp³-hybridized carbons (Fsp3) is 0.909. The van der Waals surface area contributed by atoms with Crippen LogP contribution in [-0.2, 0) is 4.79 Å². The van der Waals surface area contributed by atoms with E-state index in [-0.39, 0.29) is 18.3 Å². The molecule has 3 N–H and O–H groups in total. The van der Waals surface area contributed by atoms with Gasteiger partial charge in [0, 0.05) is 6.04 Å². The zero-order valence-electron chi connectivity index (χ0n) is 10.1. The van der Waals surface area contributed by atoms with Crippen molar-refractivity contribution < 1.29 is 4.79 Å². The molecule has 0 aliphatic heterocycles. The first-order valence-corrected chi connectivity index (χ1v) is 5.67. The van der Waals surface area contributed by atoms with Gasteiger partial charge in [-0.3, -0.25) is 4.79 Å². The van der Waals surface area contributed by atoms with Crippen LogP contribution < -0.4 is 11.1 Å². The van der Waals surface area contributed by atoms with E-state index in [4.69, 9.17) is 5.73 Å². The minimum atomic E-state index is -0.393. The average molecular weight is 237 g/mol. The number of hydrogen-bond acceptors (Lipinski definition) is 2. The average Bonchev–Trinajstić information content (AvgIpc) is 2.14. The van der Waals surface area contributed by atoms with E-state index >= 15 is 0 Å². The van der Waals surface area contributed by atoms with Crippen molar-refractivity contribution >= 4 is 18.3 Å². The Kier molecular flexibility index (Phi) is 11.7. The molecule has 0 heterocycles. The van der Waals surface area contributed by atoms with E-state index < -0.39 is 6.04 Å². The van der Waals surface area contributed by atoms with E-state index in [0.29, 0.717) is 6.04 Å². The van der Waals surface area contributed by atoms with Crippen molar-refractivity contribution in [1.29, 1.82) is 0 Å². The minimum Gasteiger partial charge on any atom is -0.352 e. The van der Waals surface area contributed by atoms with E-state index in [1.165, 1.54) is 12.8 Å². The van der Waals surface area contributed by atoms with Gasteiger partial charge in [0.1, 0.15) is 0 Å². The zero-order chi connectivity index (χ0) is 11.0. The minimum absolute atomic E-state index is 0. The molecule has 0 aliphatic carbocycles. The van der Waals surface area contributed by atoms with Gasteiger partial charge in [0.2, 0.25) is 5.91 Å². The molecule has 4 heteroatoms. The highest BCUT2D eigenvalue weighted by Crippen LogP contribution is 2.06. The molecule has 0 saturated heterocycles. The Balaban J connectivity index is 0. The molecule has 0 bridgehead atoms. The standard InChI is InChI=1S/C11H24N2O.ClH/c1-4-6-8-10(7-5-2)13-11(14)9(3)12;/h9-10H,4-8,12H2,1-3H3,(H,13,14);1H/t9-,10?;/m0./s1. The molecule has 15 heavy (non-hydrogen) atoms.